The van der Waals surface area contributed by atoms with Gasteiger partial charge in [-0.3, -0.25) is 4.79 Å². The number of hydrogen-bond donors (Lipinski definition) is 0. The predicted molar refractivity (Wildman–Crippen MR) is 49.6 cm³/mol. The summed E-state index contributed by atoms with van der Waals surface area (Å²) in [7, 11) is 1.44. The van der Waals surface area contributed by atoms with Crippen LogP contribution in [-0.2, 0) is 22.4 Å². The van der Waals surface area contributed by atoms with Crippen LogP contribution in [0.15, 0.2) is 5.51 Å². The van der Waals surface area contributed by atoms with Gasteiger partial charge in [0.05, 0.1) is 24.2 Å². The van der Waals surface area contributed by atoms with Crippen LogP contribution in [0.1, 0.15) is 17.0 Å². The lowest BCUT2D eigenvalue weighted by atomic mass is 9.91. The van der Waals surface area contributed by atoms with Gasteiger partial charge in [0.1, 0.15) is 0 Å². The van der Waals surface area contributed by atoms with Crippen LogP contribution in [0.25, 0.3) is 0 Å². The highest BCUT2D eigenvalue weighted by Crippen LogP contribution is 2.27. The van der Waals surface area contributed by atoms with Crippen molar-refractivity contribution in [1.29, 1.82) is 0 Å². The zero-order chi connectivity index (χ0) is 9.26. The summed E-state index contributed by atoms with van der Waals surface area (Å²) in [6.45, 7) is 0. The minimum absolute atomic E-state index is 0.0274. The molecule has 1 unspecified atom stereocenters. The van der Waals surface area contributed by atoms with E-state index in [0.29, 0.717) is 0 Å². The molecule has 0 spiro atoms. The number of ether oxygens (including phenoxy) is 1. The van der Waals surface area contributed by atoms with Gasteiger partial charge in [-0.25, -0.2) is 4.98 Å². The van der Waals surface area contributed by atoms with Crippen molar-refractivity contribution in [3.8, 4) is 0 Å². The molecule has 1 atom stereocenters. The van der Waals surface area contributed by atoms with Gasteiger partial charge < -0.3 is 4.74 Å². The highest BCUT2D eigenvalue weighted by atomic mass is 32.1. The highest BCUT2D eigenvalue weighted by Gasteiger charge is 2.26. The Morgan fingerprint density at radius 1 is 1.77 bits per heavy atom. The lowest BCUT2D eigenvalue weighted by Crippen LogP contribution is -2.23. The molecule has 1 aliphatic rings. The topological polar surface area (TPSA) is 39.2 Å². The van der Waals surface area contributed by atoms with E-state index in [1.807, 2.05) is 5.51 Å². The van der Waals surface area contributed by atoms with E-state index in [1.165, 1.54) is 12.0 Å². The van der Waals surface area contributed by atoms with E-state index in [9.17, 15) is 4.79 Å². The van der Waals surface area contributed by atoms with Gasteiger partial charge in [-0.15, -0.1) is 11.3 Å². The Hall–Kier alpha value is -0.900. The number of carbonyl (C=O) groups is 1. The maximum Gasteiger partial charge on any atom is 0.309 e. The number of esters is 1. The molecule has 0 fully saturated rings. The molecule has 0 saturated carbocycles. The zero-order valence-electron chi connectivity index (χ0n) is 7.45. The molecular weight excluding hydrogens is 186 g/mol. The molecule has 13 heavy (non-hydrogen) atoms. The lowest BCUT2D eigenvalue weighted by Gasteiger charge is -2.18. The van der Waals surface area contributed by atoms with Crippen molar-refractivity contribution in [1.82, 2.24) is 4.98 Å². The van der Waals surface area contributed by atoms with E-state index in [2.05, 4.69) is 4.98 Å². The van der Waals surface area contributed by atoms with Gasteiger partial charge in [0, 0.05) is 11.3 Å². The van der Waals surface area contributed by atoms with Crippen LogP contribution in [0.2, 0.25) is 0 Å². The van der Waals surface area contributed by atoms with Gasteiger partial charge in [-0.1, -0.05) is 0 Å². The van der Waals surface area contributed by atoms with E-state index in [4.69, 9.17) is 4.74 Å². The zero-order valence-corrected chi connectivity index (χ0v) is 8.26. The second-order valence-electron chi connectivity index (χ2n) is 3.19. The van der Waals surface area contributed by atoms with Gasteiger partial charge in [0.15, 0.2) is 0 Å². The second kappa shape index (κ2) is 3.46. The Morgan fingerprint density at radius 2 is 2.62 bits per heavy atom. The third kappa shape index (κ3) is 1.58. The SMILES string of the molecule is COC(=O)C1CCc2scnc2C1. The summed E-state index contributed by atoms with van der Waals surface area (Å²) >= 11 is 1.68. The summed E-state index contributed by atoms with van der Waals surface area (Å²) in [4.78, 5) is 16.8. The summed E-state index contributed by atoms with van der Waals surface area (Å²) in [5.74, 6) is -0.0711. The van der Waals surface area contributed by atoms with Crippen molar-refractivity contribution >= 4 is 17.3 Å². The molecule has 0 N–H and O–H groups in total. The average Bonchev–Trinajstić information content (AvgIpc) is 2.63. The minimum atomic E-state index is -0.0985. The quantitative estimate of drug-likeness (QED) is 0.639. The monoisotopic (exact) mass is 197 g/mol. The molecule has 1 aromatic heterocycles. The molecule has 1 aliphatic carbocycles. The van der Waals surface area contributed by atoms with Gasteiger partial charge >= 0.3 is 5.97 Å². The first-order valence-electron chi connectivity index (χ1n) is 4.30. The van der Waals surface area contributed by atoms with Gasteiger partial charge in [-0.2, -0.15) is 0 Å². The summed E-state index contributed by atoms with van der Waals surface area (Å²) in [5, 5.41) is 0. The van der Waals surface area contributed by atoms with Crippen LogP contribution in [0.4, 0.5) is 0 Å². The molecule has 0 saturated heterocycles. The smallest absolute Gasteiger partial charge is 0.309 e. The van der Waals surface area contributed by atoms with Crippen LogP contribution >= 0.6 is 11.3 Å². The van der Waals surface area contributed by atoms with Crippen LogP contribution in [0.5, 0.6) is 0 Å². The van der Waals surface area contributed by atoms with Gasteiger partial charge in [0.2, 0.25) is 0 Å². The molecule has 0 aliphatic heterocycles. The fourth-order valence-electron chi connectivity index (χ4n) is 1.67. The number of methoxy groups -OCH3 is 1. The fraction of sp³-hybridized carbons (Fsp3) is 0.556. The average molecular weight is 197 g/mol. The van der Waals surface area contributed by atoms with Crippen molar-refractivity contribution < 1.29 is 9.53 Å². The number of rotatable bonds is 1. The molecule has 0 bridgehead atoms. The number of hydrogen-bond acceptors (Lipinski definition) is 4. The molecular formula is C9H11NO2S. The molecule has 0 aromatic carbocycles. The normalized spacial score (nSPS) is 20.8. The molecule has 4 heteroatoms. The number of aromatic nitrogens is 1. The molecule has 1 aromatic rings. The second-order valence-corrected chi connectivity index (χ2v) is 4.12. The van der Waals surface area contributed by atoms with E-state index < -0.39 is 0 Å². The molecule has 1 heterocycles. The molecule has 3 nitrogen and oxygen atoms in total. The van der Waals surface area contributed by atoms with E-state index in [1.54, 1.807) is 11.3 Å². The van der Waals surface area contributed by atoms with E-state index in [0.717, 1.165) is 25.0 Å². The van der Waals surface area contributed by atoms with Crippen LogP contribution in [-0.4, -0.2) is 18.1 Å². The molecule has 70 valence electrons. The first-order chi connectivity index (χ1) is 6.31. The number of thiazole rings is 1. The predicted octanol–water partition coefficient (Wildman–Crippen LogP) is 1.42. The van der Waals surface area contributed by atoms with Crippen molar-refractivity contribution in [2.24, 2.45) is 5.92 Å². The summed E-state index contributed by atoms with van der Waals surface area (Å²) in [5.41, 5.74) is 2.94. The summed E-state index contributed by atoms with van der Waals surface area (Å²) in [6, 6.07) is 0. The maximum absolute atomic E-state index is 11.3. The number of fused-ring (bicyclic) bond motifs is 1. The number of nitrogens with zero attached hydrogens (tertiary/aromatic N) is 1. The van der Waals surface area contributed by atoms with Gasteiger partial charge in [0.25, 0.3) is 0 Å². The van der Waals surface area contributed by atoms with Crippen LogP contribution < -0.4 is 0 Å². The standard InChI is InChI=1S/C9H11NO2S/c1-12-9(11)6-2-3-8-7(4-6)10-5-13-8/h5-6H,2-4H2,1H3. The number of aryl methyl sites for hydroxylation is 1. The third-order valence-corrected chi connectivity index (χ3v) is 3.35. The lowest BCUT2D eigenvalue weighted by molar-refractivity contribution is -0.145. The number of carbonyl (C=O) groups excluding carboxylic acids is 1. The van der Waals surface area contributed by atoms with E-state index >= 15 is 0 Å². The van der Waals surface area contributed by atoms with Crippen molar-refractivity contribution in [3.05, 3.63) is 16.1 Å². The molecule has 2 rings (SSSR count). The maximum atomic E-state index is 11.3. The van der Waals surface area contributed by atoms with Crippen LogP contribution in [0.3, 0.4) is 0 Å². The Labute approximate surface area is 80.8 Å². The highest BCUT2D eigenvalue weighted by molar-refractivity contribution is 7.09. The Balaban J connectivity index is 2.13. The largest absolute Gasteiger partial charge is 0.469 e. The third-order valence-electron chi connectivity index (χ3n) is 2.42. The van der Waals surface area contributed by atoms with Crippen LogP contribution in [0, 0.1) is 5.92 Å². The van der Waals surface area contributed by atoms with Crippen molar-refractivity contribution in [2.45, 2.75) is 19.3 Å². The first-order valence-corrected chi connectivity index (χ1v) is 5.18. The Bertz CT molecular complexity index is 321. The fourth-order valence-corrected chi connectivity index (χ4v) is 2.49. The van der Waals surface area contributed by atoms with Gasteiger partial charge in [-0.05, 0) is 12.8 Å². The summed E-state index contributed by atoms with van der Waals surface area (Å²) < 4.78 is 4.72. The molecule has 0 radical (unpaired) electrons. The van der Waals surface area contributed by atoms with Crippen molar-refractivity contribution in [3.63, 3.8) is 0 Å². The Morgan fingerprint density at radius 3 is 3.38 bits per heavy atom. The first kappa shape index (κ1) is 8.69. The van der Waals surface area contributed by atoms with E-state index in [-0.39, 0.29) is 11.9 Å². The Kier molecular flexibility index (Phi) is 2.31. The van der Waals surface area contributed by atoms with Crippen molar-refractivity contribution in [2.75, 3.05) is 7.11 Å². The molecule has 0 amide bonds. The summed E-state index contributed by atoms with van der Waals surface area (Å²) in [6.07, 6.45) is 2.63. The minimum Gasteiger partial charge on any atom is -0.469 e.